The van der Waals surface area contributed by atoms with Gasteiger partial charge in [-0.3, -0.25) is 5.32 Å². The van der Waals surface area contributed by atoms with Crippen LogP contribution in [0.5, 0.6) is 0 Å². The van der Waals surface area contributed by atoms with Crippen molar-refractivity contribution in [1.82, 2.24) is 10.2 Å². The van der Waals surface area contributed by atoms with Crippen LogP contribution in [0.4, 0.5) is 20.7 Å². The molecule has 3 rings (SSSR count). The van der Waals surface area contributed by atoms with Gasteiger partial charge in [-0.1, -0.05) is 30.4 Å². The highest BCUT2D eigenvalue weighted by molar-refractivity contribution is 7.19. The number of carbonyl (C=O) groups is 1. The minimum absolute atomic E-state index is 0.299. The number of hydrogen-bond acceptors (Lipinski definition) is 5. The number of hydrogen-bond donors (Lipinski definition) is 2. The summed E-state index contributed by atoms with van der Waals surface area (Å²) in [6.45, 7) is 6.54. The van der Waals surface area contributed by atoms with Crippen LogP contribution < -0.4 is 15.5 Å². The van der Waals surface area contributed by atoms with Crippen molar-refractivity contribution in [2.75, 3.05) is 15.5 Å². The number of aromatic nitrogens is 2. The van der Waals surface area contributed by atoms with E-state index in [0.717, 1.165) is 17.2 Å². The maximum atomic E-state index is 12.2. The van der Waals surface area contributed by atoms with E-state index in [9.17, 15) is 4.79 Å². The molecule has 2 amide bonds. The van der Waals surface area contributed by atoms with E-state index in [4.69, 9.17) is 0 Å². The Morgan fingerprint density at radius 1 is 1.16 bits per heavy atom. The van der Waals surface area contributed by atoms with E-state index in [0.29, 0.717) is 17.2 Å². The van der Waals surface area contributed by atoms with Gasteiger partial charge < -0.3 is 10.2 Å². The van der Waals surface area contributed by atoms with Crippen LogP contribution in [0.1, 0.15) is 45.6 Å². The van der Waals surface area contributed by atoms with Crippen LogP contribution in [-0.2, 0) is 6.42 Å². The van der Waals surface area contributed by atoms with Crippen LogP contribution in [0, 0.1) is 0 Å². The minimum atomic E-state index is -0.299. The average Bonchev–Trinajstić information content (AvgIpc) is 3.03. The fourth-order valence-electron chi connectivity index (χ4n) is 3.25. The second kappa shape index (κ2) is 7.82. The standard InChI is InChI=1S/C18H25N5OS/c1-4-14-8-10-15(11-9-14)19-16(24)20-17-21-22-18(25-17)23-12(2)6-5-7-13(23)3/h8-13H,4-7H2,1-3H3,(H2,19,20,21,24)/t12-,13+. The summed E-state index contributed by atoms with van der Waals surface area (Å²) in [7, 11) is 0. The van der Waals surface area contributed by atoms with Gasteiger partial charge in [0.15, 0.2) is 0 Å². The highest BCUT2D eigenvalue weighted by atomic mass is 32.1. The Morgan fingerprint density at radius 2 is 1.84 bits per heavy atom. The lowest BCUT2D eigenvalue weighted by Crippen LogP contribution is -2.43. The molecule has 25 heavy (non-hydrogen) atoms. The summed E-state index contributed by atoms with van der Waals surface area (Å²) < 4.78 is 0. The predicted molar refractivity (Wildman–Crippen MR) is 104 cm³/mol. The molecule has 1 aromatic heterocycles. The molecule has 7 heteroatoms. The fourth-order valence-corrected chi connectivity index (χ4v) is 4.20. The Balaban J connectivity index is 1.61. The number of piperidine rings is 1. The average molecular weight is 359 g/mol. The van der Waals surface area contributed by atoms with Crippen LogP contribution in [-0.4, -0.2) is 28.3 Å². The number of benzene rings is 1. The van der Waals surface area contributed by atoms with Crippen molar-refractivity contribution in [2.45, 2.75) is 58.5 Å². The van der Waals surface area contributed by atoms with Crippen molar-refractivity contribution < 1.29 is 4.79 Å². The molecule has 1 aromatic carbocycles. The lowest BCUT2D eigenvalue weighted by Gasteiger charge is -2.38. The van der Waals surface area contributed by atoms with E-state index in [2.05, 4.69) is 46.5 Å². The summed E-state index contributed by atoms with van der Waals surface area (Å²) in [6, 6.07) is 8.44. The van der Waals surface area contributed by atoms with Gasteiger partial charge in [0.25, 0.3) is 0 Å². The van der Waals surface area contributed by atoms with Gasteiger partial charge in [0.2, 0.25) is 10.3 Å². The van der Waals surface area contributed by atoms with E-state index in [1.807, 2.05) is 24.3 Å². The molecule has 0 radical (unpaired) electrons. The molecule has 2 atom stereocenters. The van der Waals surface area contributed by atoms with Crippen molar-refractivity contribution in [3.05, 3.63) is 29.8 Å². The summed E-state index contributed by atoms with van der Waals surface area (Å²) in [6.07, 6.45) is 4.57. The summed E-state index contributed by atoms with van der Waals surface area (Å²) in [4.78, 5) is 14.5. The first-order chi connectivity index (χ1) is 12.1. The molecule has 0 spiro atoms. The van der Waals surface area contributed by atoms with Gasteiger partial charge >= 0.3 is 6.03 Å². The molecule has 1 saturated heterocycles. The van der Waals surface area contributed by atoms with Crippen molar-refractivity contribution in [3.63, 3.8) is 0 Å². The smallest absolute Gasteiger partial charge is 0.325 e. The third-order valence-electron chi connectivity index (χ3n) is 4.67. The first kappa shape index (κ1) is 17.7. The molecule has 0 aliphatic carbocycles. The highest BCUT2D eigenvalue weighted by Crippen LogP contribution is 2.32. The van der Waals surface area contributed by atoms with E-state index in [1.165, 1.54) is 36.2 Å². The summed E-state index contributed by atoms with van der Waals surface area (Å²) in [5, 5.41) is 15.4. The maximum Gasteiger partial charge on any atom is 0.325 e. The topological polar surface area (TPSA) is 70.1 Å². The first-order valence-electron chi connectivity index (χ1n) is 8.85. The Morgan fingerprint density at radius 3 is 2.48 bits per heavy atom. The quantitative estimate of drug-likeness (QED) is 0.842. The van der Waals surface area contributed by atoms with Crippen molar-refractivity contribution in [1.29, 1.82) is 0 Å². The lowest BCUT2D eigenvalue weighted by atomic mass is 9.98. The number of aryl methyl sites for hydroxylation is 1. The molecule has 2 aromatic rings. The lowest BCUT2D eigenvalue weighted by molar-refractivity contribution is 0.262. The predicted octanol–water partition coefficient (Wildman–Crippen LogP) is 4.51. The number of urea groups is 1. The number of amides is 2. The Hall–Kier alpha value is -2.15. The summed E-state index contributed by atoms with van der Waals surface area (Å²) in [5.74, 6) is 0. The molecule has 134 valence electrons. The molecule has 1 aliphatic rings. The molecular weight excluding hydrogens is 334 g/mol. The molecule has 0 saturated carbocycles. The van der Waals surface area contributed by atoms with E-state index < -0.39 is 0 Å². The molecular formula is C18H25N5OS. The second-order valence-electron chi connectivity index (χ2n) is 6.56. The number of nitrogens with one attached hydrogen (secondary N) is 2. The van der Waals surface area contributed by atoms with Gasteiger partial charge in [-0.05, 0) is 57.2 Å². The Kier molecular flexibility index (Phi) is 5.53. The monoisotopic (exact) mass is 359 g/mol. The summed E-state index contributed by atoms with van der Waals surface area (Å²) in [5.41, 5.74) is 2.00. The van der Waals surface area contributed by atoms with Gasteiger partial charge in [0, 0.05) is 17.8 Å². The second-order valence-corrected chi connectivity index (χ2v) is 7.51. The highest BCUT2D eigenvalue weighted by Gasteiger charge is 2.27. The summed E-state index contributed by atoms with van der Waals surface area (Å²) >= 11 is 1.42. The molecule has 0 bridgehead atoms. The zero-order valence-electron chi connectivity index (χ0n) is 15.0. The fraction of sp³-hybridized carbons (Fsp3) is 0.500. The van der Waals surface area contributed by atoms with Crippen LogP contribution in [0.3, 0.4) is 0 Å². The van der Waals surface area contributed by atoms with E-state index in [1.54, 1.807) is 0 Å². The number of carbonyl (C=O) groups excluding carboxylic acids is 1. The van der Waals surface area contributed by atoms with Crippen molar-refractivity contribution >= 4 is 33.3 Å². The zero-order chi connectivity index (χ0) is 17.8. The van der Waals surface area contributed by atoms with Crippen molar-refractivity contribution in [3.8, 4) is 0 Å². The van der Waals surface area contributed by atoms with E-state index in [-0.39, 0.29) is 6.03 Å². The normalized spacial score (nSPS) is 20.4. The van der Waals surface area contributed by atoms with Crippen LogP contribution >= 0.6 is 11.3 Å². The van der Waals surface area contributed by atoms with Crippen LogP contribution in [0.25, 0.3) is 0 Å². The minimum Gasteiger partial charge on any atom is -0.341 e. The Bertz CT molecular complexity index is 705. The zero-order valence-corrected chi connectivity index (χ0v) is 15.8. The van der Waals surface area contributed by atoms with Gasteiger partial charge in [-0.25, -0.2) is 4.79 Å². The van der Waals surface area contributed by atoms with E-state index >= 15 is 0 Å². The molecule has 6 nitrogen and oxygen atoms in total. The largest absolute Gasteiger partial charge is 0.341 e. The molecule has 2 heterocycles. The molecule has 1 fully saturated rings. The van der Waals surface area contributed by atoms with Crippen LogP contribution in [0.2, 0.25) is 0 Å². The van der Waals surface area contributed by atoms with Gasteiger partial charge in [-0.15, -0.1) is 10.2 Å². The molecule has 0 unspecified atom stereocenters. The first-order valence-corrected chi connectivity index (χ1v) is 9.67. The van der Waals surface area contributed by atoms with Gasteiger partial charge in [0.05, 0.1) is 0 Å². The maximum absolute atomic E-state index is 12.2. The third-order valence-corrected chi connectivity index (χ3v) is 5.52. The third kappa shape index (κ3) is 4.28. The van der Waals surface area contributed by atoms with Crippen LogP contribution in [0.15, 0.2) is 24.3 Å². The number of rotatable bonds is 4. The molecule has 1 aliphatic heterocycles. The number of nitrogens with zero attached hydrogens (tertiary/aromatic N) is 3. The number of anilines is 3. The van der Waals surface area contributed by atoms with Gasteiger partial charge in [-0.2, -0.15) is 0 Å². The van der Waals surface area contributed by atoms with Gasteiger partial charge in [0.1, 0.15) is 0 Å². The van der Waals surface area contributed by atoms with Crippen molar-refractivity contribution in [2.24, 2.45) is 0 Å². The Labute approximate surface area is 152 Å². The molecule has 2 N–H and O–H groups in total. The SMILES string of the molecule is CCc1ccc(NC(=O)Nc2nnc(N3[C@H](C)CCC[C@@H]3C)s2)cc1.